The second kappa shape index (κ2) is 9.20. The Bertz CT molecular complexity index is 688. The maximum Gasteiger partial charge on any atom is 0.232 e. The van der Waals surface area contributed by atoms with Crippen LogP contribution in [0.2, 0.25) is 0 Å². The molecule has 1 aromatic heterocycles. The zero-order valence-corrected chi connectivity index (χ0v) is 17.9. The summed E-state index contributed by atoms with van der Waals surface area (Å²) in [6, 6.07) is 0. The minimum atomic E-state index is -0.676. The van der Waals surface area contributed by atoms with Crippen molar-refractivity contribution in [2.24, 2.45) is 16.1 Å². The van der Waals surface area contributed by atoms with Crippen LogP contribution in [-0.4, -0.2) is 73.1 Å². The van der Waals surface area contributed by atoms with Gasteiger partial charge in [0.15, 0.2) is 5.96 Å². The van der Waals surface area contributed by atoms with Gasteiger partial charge in [-0.2, -0.15) is 4.98 Å². The number of carbonyl (C=O) groups is 1. The van der Waals surface area contributed by atoms with Crippen molar-refractivity contribution < 1.29 is 9.53 Å². The number of anilines is 1. The molecule has 9 nitrogen and oxygen atoms in total. The highest BCUT2D eigenvalue weighted by molar-refractivity contribution is 9.10. The zero-order chi connectivity index (χ0) is 20.0. The van der Waals surface area contributed by atoms with E-state index in [9.17, 15) is 4.79 Å². The average Bonchev–Trinajstić information content (AvgIpc) is 2.65. The molecular formula is C17H28BrN7O2. The van der Waals surface area contributed by atoms with Crippen LogP contribution in [0.25, 0.3) is 0 Å². The lowest BCUT2D eigenvalue weighted by Gasteiger charge is -2.36. The number of amides is 1. The molecule has 1 fully saturated rings. The summed E-state index contributed by atoms with van der Waals surface area (Å²) in [6.45, 7) is 9.78. The summed E-state index contributed by atoms with van der Waals surface area (Å²) in [4.78, 5) is 29.3. The van der Waals surface area contributed by atoms with E-state index in [1.54, 1.807) is 27.2 Å². The van der Waals surface area contributed by atoms with E-state index >= 15 is 0 Å². The monoisotopic (exact) mass is 441 g/mol. The van der Waals surface area contributed by atoms with Gasteiger partial charge in [-0.3, -0.25) is 9.79 Å². The summed E-state index contributed by atoms with van der Waals surface area (Å²) in [7, 11) is 1.58. The SMILES string of the molecule is CCNC(=NCC(C)(C)C(N)=O)N1CCN(c2ncc(Br)c(OC)n2)CC1. The smallest absolute Gasteiger partial charge is 0.232 e. The molecule has 150 valence electrons. The number of halogens is 1. The Morgan fingerprint density at radius 1 is 1.41 bits per heavy atom. The second-order valence-electron chi connectivity index (χ2n) is 6.92. The van der Waals surface area contributed by atoms with Crippen molar-refractivity contribution in [2.45, 2.75) is 20.8 Å². The van der Waals surface area contributed by atoms with E-state index in [0.717, 1.165) is 43.2 Å². The third-order valence-electron chi connectivity index (χ3n) is 4.38. The normalized spacial score (nSPS) is 15.7. The first-order chi connectivity index (χ1) is 12.8. The minimum absolute atomic E-state index is 0.345. The number of methoxy groups -OCH3 is 1. The van der Waals surface area contributed by atoms with Crippen molar-refractivity contribution >= 4 is 33.7 Å². The fourth-order valence-corrected chi connectivity index (χ4v) is 2.89. The molecule has 0 bridgehead atoms. The number of piperazine rings is 1. The van der Waals surface area contributed by atoms with Crippen molar-refractivity contribution in [1.29, 1.82) is 0 Å². The van der Waals surface area contributed by atoms with Gasteiger partial charge >= 0.3 is 0 Å². The molecule has 0 unspecified atom stereocenters. The van der Waals surface area contributed by atoms with Crippen LogP contribution < -0.4 is 20.7 Å². The van der Waals surface area contributed by atoms with Crippen molar-refractivity contribution in [3.63, 3.8) is 0 Å². The number of hydrogen-bond donors (Lipinski definition) is 2. The number of hydrogen-bond acceptors (Lipinski definition) is 6. The molecule has 2 heterocycles. The van der Waals surface area contributed by atoms with Gasteiger partial charge in [0.1, 0.15) is 0 Å². The van der Waals surface area contributed by atoms with E-state index in [-0.39, 0.29) is 5.91 Å². The molecule has 3 N–H and O–H groups in total. The number of guanidine groups is 1. The molecule has 2 rings (SSSR count). The van der Waals surface area contributed by atoms with Crippen LogP contribution in [-0.2, 0) is 4.79 Å². The number of rotatable bonds is 6. The predicted molar refractivity (Wildman–Crippen MR) is 109 cm³/mol. The number of carbonyl (C=O) groups excluding carboxylic acids is 1. The second-order valence-corrected chi connectivity index (χ2v) is 7.77. The maximum absolute atomic E-state index is 11.5. The first-order valence-electron chi connectivity index (χ1n) is 8.93. The van der Waals surface area contributed by atoms with Crippen molar-refractivity contribution in [3.8, 4) is 5.88 Å². The first-order valence-corrected chi connectivity index (χ1v) is 9.72. The summed E-state index contributed by atoms with van der Waals surface area (Å²) in [5, 5.41) is 3.29. The third-order valence-corrected chi connectivity index (χ3v) is 4.92. The highest BCUT2D eigenvalue weighted by Crippen LogP contribution is 2.24. The van der Waals surface area contributed by atoms with Gasteiger partial charge in [0, 0.05) is 32.7 Å². The van der Waals surface area contributed by atoms with Crippen LogP contribution >= 0.6 is 15.9 Å². The molecule has 0 saturated carbocycles. The molecule has 0 aromatic carbocycles. The summed E-state index contributed by atoms with van der Waals surface area (Å²) < 4.78 is 5.98. The molecule has 0 spiro atoms. The van der Waals surface area contributed by atoms with Crippen molar-refractivity contribution in [2.75, 3.05) is 51.3 Å². The summed E-state index contributed by atoms with van der Waals surface area (Å²) >= 11 is 3.37. The van der Waals surface area contributed by atoms with E-state index in [0.29, 0.717) is 18.4 Å². The van der Waals surface area contributed by atoms with Crippen LogP contribution in [0.1, 0.15) is 20.8 Å². The Morgan fingerprint density at radius 2 is 2.07 bits per heavy atom. The number of primary amides is 1. The highest BCUT2D eigenvalue weighted by Gasteiger charge is 2.26. The highest BCUT2D eigenvalue weighted by atomic mass is 79.9. The average molecular weight is 442 g/mol. The molecule has 10 heteroatoms. The van der Waals surface area contributed by atoms with Gasteiger partial charge in [-0.25, -0.2) is 4.98 Å². The summed E-state index contributed by atoms with van der Waals surface area (Å²) in [5.74, 6) is 1.60. The molecule has 1 amide bonds. The Morgan fingerprint density at radius 3 is 2.63 bits per heavy atom. The lowest BCUT2D eigenvalue weighted by molar-refractivity contribution is -0.125. The minimum Gasteiger partial charge on any atom is -0.480 e. The number of aromatic nitrogens is 2. The molecule has 1 aliphatic rings. The van der Waals surface area contributed by atoms with Gasteiger partial charge in [-0.15, -0.1) is 0 Å². The van der Waals surface area contributed by atoms with Crippen LogP contribution in [0.5, 0.6) is 5.88 Å². The van der Waals surface area contributed by atoms with E-state index in [1.807, 2.05) is 6.92 Å². The lowest BCUT2D eigenvalue weighted by atomic mass is 9.93. The molecule has 1 aromatic rings. The number of nitrogens with two attached hydrogens (primary N) is 1. The van der Waals surface area contributed by atoms with Crippen LogP contribution in [0, 0.1) is 5.41 Å². The Labute approximate surface area is 168 Å². The van der Waals surface area contributed by atoms with Gasteiger partial charge in [0.25, 0.3) is 0 Å². The van der Waals surface area contributed by atoms with Crippen LogP contribution in [0.3, 0.4) is 0 Å². The van der Waals surface area contributed by atoms with Crippen molar-refractivity contribution in [1.82, 2.24) is 20.2 Å². The quantitative estimate of drug-likeness (QED) is 0.497. The molecule has 27 heavy (non-hydrogen) atoms. The topological polar surface area (TPSA) is 109 Å². The van der Waals surface area contributed by atoms with E-state index in [2.05, 4.69) is 46.0 Å². The standard InChI is InChI=1S/C17H28BrN7O2/c1-5-20-15(22-11-17(2,3)14(19)26)24-6-8-25(9-7-24)16-21-10-12(18)13(23-16)27-4/h10H,5-9,11H2,1-4H3,(H2,19,26)(H,20,22). The Kier molecular flexibility index (Phi) is 7.23. The molecule has 1 saturated heterocycles. The Balaban J connectivity index is 2.04. The third kappa shape index (κ3) is 5.44. The van der Waals surface area contributed by atoms with Crippen LogP contribution in [0.15, 0.2) is 15.7 Å². The number of nitrogens with one attached hydrogen (secondary N) is 1. The molecule has 0 radical (unpaired) electrons. The van der Waals surface area contributed by atoms with Gasteiger partial charge in [0.2, 0.25) is 17.7 Å². The van der Waals surface area contributed by atoms with E-state index < -0.39 is 5.41 Å². The van der Waals surface area contributed by atoms with Gasteiger partial charge < -0.3 is 25.6 Å². The fourth-order valence-electron chi connectivity index (χ4n) is 2.53. The van der Waals surface area contributed by atoms with Gasteiger partial charge in [-0.05, 0) is 36.7 Å². The fraction of sp³-hybridized carbons (Fsp3) is 0.647. The van der Waals surface area contributed by atoms with Crippen molar-refractivity contribution in [3.05, 3.63) is 10.7 Å². The molecule has 0 aliphatic carbocycles. The van der Waals surface area contributed by atoms with Crippen LogP contribution in [0.4, 0.5) is 5.95 Å². The summed E-state index contributed by atoms with van der Waals surface area (Å²) in [5.41, 5.74) is 4.77. The predicted octanol–water partition coefficient (Wildman–Crippen LogP) is 0.847. The lowest BCUT2D eigenvalue weighted by Crippen LogP contribution is -2.53. The number of nitrogens with zero attached hydrogens (tertiary/aromatic N) is 5. The largest absolute Gasteiger partial charge is 0.480 e. The zero-order valence-electron chi connectivity index (χ0n) is 16.3. The molecule has 1 aliphatic heterocycles. The maximum atomic E-state index is 11.5. The van der Waals surface area contributed by atoms with E-state index in [1.165, 1.54) is 0 Å². The first kappa shape index (κ1) is 21.2. The van der Waals surface area contributed by atoms with Gasteiger partial charge in [0.05, 0.1) is 29.7 Å². The number of ether oxygens (including phenoxy) is 1. The number of aliphatic imine (C=N–C) groups is 1. The summed E-state index contributed by atoms with van der Waals surface area (Å²) in [6.07, 6.45) is 1.70. The molecule has 0 atom stereocenters. The van der Waals surface area contributed by atoms with E-state index in [4.69, 9.17) is 10.5 Å². The molecular weight excluding hydrogens is 414 g/mol. The Hall–Kier alpha value is -2.10. The van der Waals surface area contributed by atoms with Gasteiger partial charge in [-0.1, -0.05) is 0 Å².